The van der Waals surface area contributed by atoms with Crippen molar-refractivity contribution in [1.82, 2.24) is 0 Å². The van der Waals surface area contributed by atoms with Crippen LogP contribution in [-0.2, 0) is 4.79 Å². The maximum atomic E-state index is 12.9. The molecule has 1 heterocycles. The van der Waals surface area contributed by atoms with Gasteiger partial charge in [0, 0.05) is 9.79 Å². The number of ether oxygens (including phenoxy) is 1. The Kier molecular flexibility index (Phi) is 6.27. The maximum absolute atomic E-state index is 12.9. The van der Waals surface area contributed by atoms with Gasteiger partial charge in [-0.1, -0.05) is 65.6 Å². The van der Waals surface area contributed by atoms with Crippen LogP contribution in [0.25, 0.3) is 6.08 Å². The van der Waals surface area contributed by atoms with Gasteiger partial charge in [-0.3, -0.25) is 9.69 Å². The molecule has 0 atom stereocenters. The molecule has 4 rings (SSSR count). The van der Waals surface area contributed by atoms with Crippen molar-refractivity contribution in [3.8, 4) is 5.75 Å². The lowest BCUT2D eigenvalue weighted by Gasteiger charge is -2.14. The number of amides is 1. The number of carbonyl (C=O) groups is 1. The molecular weight excluding hydrogens is 430 g/mol. The minimum atomic E-state index is -0.103. The van der Waals surface area contributed by atoms with Crippen molar-refractivity contribution >= 4 is 57.7 Å². The van der Waals surface area contributed by atoms with E-state index in [0.29, 0.717) is 9.23 Å². The summed E-state index contributed by atoms with van der Waals surface area (Å²) in [5, 5.41) is 0. The number of hydrogen-bond acceptors (Lipinski definition) is 5. The molecule has 0 unspecified atom stereocenters. The molecule has 0 aliphatic carbocycles. The summed E-state index contributed by atoms with van der Waals surface area (Å²) in [6, 6.07) is 24.0. The molecule has 1 aliphatic heterocycles. The van der Waals surface area contributed by atoms with Crippen LogP contribution < -0.4 is 9.64 Å². The summed E-state index contributed by atoms with van der Waals surface area (Å²) >= 11 is 8.49. The maximum Gasteiger partial charge on any atom is 0.270 e. The van der Waals surface area contributed by atoms with E-state index in [4.69, 9.17) is 17.0 Å². The standard InChI is InChI=1S/C24H19NO2S3/c1-16-3-11-20(12-4-16)29-21-13-5-17(6-14-21)15-22-23(26)25(24(28)30-22)18-7-9-19(27-2)10-8-18/h3-15H,1-2H3/b22-15+. The molecule has 30 heavy (non-hydrogen) atoms. The number of anilines is 1. The lowest BCUT2D eigenvalue weighted by Crippen LogP contribution is -2.27. The molecule has 0 spiro atoms. The van der Waals surface area contributed by atoms with Gasteiger partial charge in [0.2, 0.25) is 0 Å². The van der Waals surface area contributed by atoms with Crippen molar-refractivity contribution in [1.29, 1.82) is 0 Å². The van der Waals surface area contributed by atoms with E-state index in [0.717, 1.165) is 21.9 Å². The van der Waals surface area contributed by atoms with Gasteiger partial charge in [0.15, 0.2) is 4.32 Å². The number of benzene rings is 3. The monoisotopic (exact) mass is 449 g/mol. The van der Waals surface area contributed by atoms with E-state index in [1.807, 2.05) is 42.5 Å². The Bertz CT molecular complexity index is 1100. The molecule has 3 nitrogen and oxygen atoms in total. The number of methoxy groups -OCH3 is 1. The molecular formula is C24H19NO2S3. The number of thiocarbonyl (C=S) groups is 1. The highest BCUT2D eigenvalue weighted by atomic mass is 32.2. The third kappa shape index (κ3) is 4.61. The Morgan fingerprint density at radius 3 is 2.13 bits per heavy atom. The van der Waals surface area contributed by atoms with Crippen molar-refractivity contribution in [2.75, 3.05) is 12.0 Å². The Morgan fingerprint density at radius 1 is 0.933 bits per heavy atom. The highest BCUT2D eigenvalue weighted by Crippen LogP contribution is 2.37. The van der Waals surface area contributed by atoms with E-state index in [1.54, 1.807) is 23.8 Å². The fourth-order valence-electron chi connectivity index (χ4n) is 2.95. The number of thioether (sulfide) groups is 1. The van der Waals surface area contributed by atoms with Crippen LogP contribution in [0.5, 0.6) is 5.75 Å². The topological polar surface area (TPSA) is 29.5 Å². The Labute approximate surface area is 190 Å². The van der Waals surface area contributed by atoms with Crippen LogP contribution in [-0.4, -0.2) is 17.3 Å². The summed E-state index contributed by atoms with van der Waals surface area (Å²) in [5.74, 6) is 0.636. The Morgan fingerprint density at radius 2 is 1.53 bits per heavy atom. The van der Waals surface area contributed by atoms with Crippen LogP contribution in [0.3, 0.4) is 0 Å². The Balaban J connectivity index is 1.49. The minimum Gasteiger partial charge on any atom is -0.497 e. The SMILES string of the molecule is COc1ccc(N2C(=O)/C(=C\c3ccc(Sc4ccc(C)cc4)cc3)SC2=S)cc1. The van der Waals surface area contributed by atoms with Crippen molar-refractivity contribution in [2.45, 2.75) is 16.7 Å². The van der Waals surface area contributed by atoms with Gasteiger partial charge in [0.05, 0.1) is 17.7 Å². The zero-order valence-corrected chi connectivity index (χ0v) is 18.9. The normalized spacial score (nSPS) is 15.1. The molecule has 6 heteroatoms. The fourth-order valence-corrected chi connectivity index (χ4v) is 5.06. The average molecular weight is 450 g/mol. The van der Waals surface area contributed by atoms with Gasteiger partial charge in [0.1, 0.15) is 5.75 Å². The zero-order valence-electron chi connectivity index (χ0n) is 16.5. The molecule has 1 amide bonds. The van der Waals surface area contributed by atoms with E-state index in [-0.39, 0.29) is 5.91 Å². The molecule has 3 aromatic rings. The fraction of sp³-hybridized carbons (Fsp3) is 0.0833. The zero-order chi connectivity index (χ0) is 21.1. The summed E-state index contributed by atoms with van der Waals surface area (Å²) in [5.41, 5.74) is 2.96. The number of nitrogens with zero attached hydrogens (tertiary/aromatic N) is 1. The van der Waals surface area contributed by atoms with Crippen LogP contribution in [0.1, 0.15) is 11.1 Å². The Hall–Kier alpha value is -2.54. The van der Waals surface area contributed by atoms with Crippen molar-refractivity contribution < 1.29 is 9.53 Å². The quantitative estimate of drug-likeness (QED) is 0.325. The first-order valence-corrected chi connectivity index (χ1v) is 11.3. The molecule has 1 fully saturated rings. The number of hydrogen-bond donors (Lipinski definition) is 0. The molecule has 1 aliphatic rings. The molecule has 1 saturated heterocycles. The first-order chi connectivity index (χ1) is 14.5. The number of carbonyl (C=O) groups excluding carboxylic acids is 1. The lowest BCUT2D eigenvalue weighted by molar-refractivity contribution is -0.113. The first-order valence-electron chi connectivity index (χ1n) is 9.30. The highest BCUT2D eigenvalue weighted by molar-refractivity contribution is 8.27. The largest absolute Gasteiger partial charge is 0.497 e. The number of rotatable bonds is 5. The average Bonchev–Trinajstić information content (AvgIpc) is 3.04. The summed E-state index contributed by atoms with van der Waals surface area (Å²) in [6.45, 7) is 2.08. The summed E-state index contributed by atoms with van der Waals surface area (Å²) < 4.78 is 5.71. The molecule has 0 N–H and O–H groups in total. The van der Waals surface area contributed by atoms with Gasteiger partial charge >= 0.3 is 0 Å². The summed E-state index contributed by atoms with van der Waals surface area (Å²) in [6.07, 6.45) is 1.89. The number of aryl methyl sites for hydroxylation is 1. The first kappa shape index (κ1) is 20.7. The smallest absolute Gasteiger partial charge is 0.270 e. The van der Waals surface area contributed by atoms with Crippen molar-refractivity contribution in [2.24, 2.45) is 0 Å². The van der Waals surface area contributed by atoms with Gasteiger partial charge in [-0.25, -0.2) is 0 Å². The lowest BCUT2D eigenvalue weighted by atomic mass is 10.2. The minimum absolute atomic E-state index is 0.103. The van der Waals surface area contributed by atoms with Crippen molar-refractivity contribution in [3.63, 3.8) is 0 Å². The van der Waals surface area contributed by atoms with Crippen LogP contribution in [0.2, 0.25) is 0 Å². The highest BCUT2D eigenvalue weighted by Gasteiger charge is 2.33. The second kappa shape index (κ2) is 9.08. The molecule has 0 bridgehead atoms. The predicted molar refractivity (Wildman–Crippen MR) is 130 cm³/mol. The van der Waals surface area contributed by atoms with E-state index in [1.165, 1.54) is 22.2 Å². The second-order valence-electron chi connectivity index (χ2n) is 6.70. The van der Waals surface area contributed by atoms with Gasteiger partial charge in [-0.2, -0.15) is 0 Å². The van der Waals surface area contributed by atoms with Gasteiger partial charge < -0.3 is 4.74 Å². The van der Waals surface area contributed by atoms with E-state index >= 15 is 0 Å². The molecule has 150 valence electrons. The van der Waals surface area contributed by atoms with Crippen LogP contribution >= 0.6 is 35.7 Å². The summed E-state index contributed by atoms with van der Waals surface area (Å²) in [4.78, 5) is 17.5. The second-order valence-corrected chi connectivity index (χ2v) is 9.52. The van der Waals surface area contributed by atoms with Gasteiger partial charge in [-0.15, -0.1) is 0 Å². The van der Waals surface area contributed by atoms with Crippen LogP contribution in [0.15, 0.2) is 87.5 Å². The van der Waals surface area contributed by atoms with Gasteiger partial charge in [-0.05, 0) is 67.1 Å². The molecule has 0 radical (unpaired) electrons. The van der Waals surface area contributed by atoms with Crippen LogP contribution in [0, 0.1) is 6.92 Å². The molecule has 0 aromatic heterocycles. The van der Waals surface area contributed by atoms with E-state index < -0.39 is 0 Å². The molecule has 0 saturated carbocycles. The molecule has 3 aromatic carbocycles. The summed E-state index contributed by atoms with van der Waals surface area (Å²) in [7, 11) is 1.61. The van der Waals surface area contributed by atoms with E-state index in [2.05, 4.69) is 43.3 Å². The third-order valence-electron chi connectivity index (χ3n) is 4.56. The van der Waals surface area contributed by atoms with Gasteiger partial charge in [0.25, 0.3) is 5.91 Å². The van der Waals surface area contributed by atoms with Crippen LogP contribution in [0.4, 0.5) is 5.69 Å². The van der Waals surface area contributed by atoms with Crippen molar-refractivity contribution in [3.05, 3.63) is 88.8 Å². The third-order valence-corrected chi connectivity index (χ3v) is 6.88. The predicted octanol–water partition coefficient (Wildman–Crippen LogP) is 6.56. The van der Waals surface area contributed by atoms with E-state index in [9.17, 15) is 4.79 Å².